The molecular formula is C16H21NO4. The molecular weight excluding hydrogens is 270 g/mol. The number of hydrogen-bond acceptors (Lipinski definition) is 3. The highest BCUT2D eigenvalue weighted by atomic mass is 16.5. The molecule has 1 fully saturated rings. The molecule has 1 aromatic rings. The Bertz CT molecular complexity index is 530. The number of carbonyl (C=O) groups is 2. The summed E-state index contributed by atoms with van der Waals surface area (Å²) in [6.07, 6.45) is 1.25. The highest BCUT2D eigenvalue weighted by Gasteiger charge is 2.34. The van der Waals surface area contributed by atoms with E-state index in [0.29, 0.717) is 24.3 Å². The summed E-state index contributed by atoms with van der Waals surface area (Å²) >= 11 is 0. The SMILES string of the molecule is CC(C)(C)Oc1ccc(C(=O)N2CCC[C@@H]2C(=O)O)cc1. The second kappa shape index (κ2) is 5.76. The molecule has 0 saturated carbocycles. The van der Waals surface area contributed by atoms with Crippen LogP contribution in [0.5, 0.6) is 5.75 Å². The zero-order valence-electron chi connectivity index (χ0n) is 12.6. The number of carboxylic acid groups (broad SMARTS) is 1. The van der Waals surface area contributed by atoms with Gasteiger partial charge in [-0.3, -0.25) is 4.79 Å². The lowest BCUT2D eigenvalue weighted by molar-refractivity contribution is -0.141. The first-order chi connectivity index (χ1) is 9.78. The molecule has 2 rings (SSSR count). The predicted octanol–water partition coefficient (Wildman–Crippen LogP) is 2.55. The quantitative estimate of drug-likeness (QED) is 0.929. The summed E-state index contributed by atoms with van der Waals surface area (Å²) < 4.78 is 5.70. The summed E-state index contributed by atoms with van der Waals surface area (Å²) in [6, 6.07) is 6.14. The third-order valence-corrected chi connectivity index (χ3v) is 3.32. The summed E-state index contributed by atoms with van der Waals surface area (Å²) in [5.41, 5.74) is 0.193. The predicted molar refractivity (Wildman–Crippen MR) is 78.5 cm³/mol. The Hall–Kier alpha value is -2.04. The Labute approximate surface area is 124 Å². The minimum absolute atomic E-state index is 0.234. The molecule has 0 aliphatic carbocycles. The summed E-state index contributed by atoms with van der Waals surface area (Å²) in [5.74, 6) is -0.481. The number of aliphatic carboxylic acids is 1. The van der Waals surface area contributed by atoms with Gasteiger partial charge in [0, 0.05) is 12.1 Å². The van der Waals surface area contributed by atoms with Crippen LogP contribution in [0.3, 0.4) is 0 Å². The van der Waals surface area contributed by atoms with Crippen LogP contribution in [0.2, 0.25) is 0 Å². The van der Waals surface area contributed by atoms with E-state index in [1.165, 1.54) is 4.90 Å². The van der Waals surface area contributed by atoms with Crippen LogP contribution in [0.25, 0.3) is 0 Å². The van der Waals surface area contributed by atoms with Crippen LogP contribution in [-0.4, -0.2) is 40.1 Å². The standard InChI is InChI=1S/C16H21NO4/c1-16(2,3)21-12-8-6-11(7-9-12)14(18)17-10-4-5-13(17)15(19)20/h6-9,13H,4-5,10H2,1-3H3,(H,19,20)/t13-/m1/s1. The summed E-state index contributed by atoms with van der Waals surface area (Å²) in [7, 11) is 0. The van der Waals surface area contributed by atoms with E-state index in [-0.39, 0.29) is 11.5 Å². The van der Waals surface area contributed by atoms with E-state index >= 15 is 0 Å². The van der Waals surface area contributed by atoms with Gasteiger partial charge in [-0.1, -0.05) is 0 Å². The number of carbonyl (C=O) groups excluding carboxylic acids is 1. The van der Waals surface area contributed by atoms with Gasteiger partial charge in [-0.05, 0) is 57.9 Å². The molecule has 5 heteroatoms. The van der Waals surface area contributed by atoms with Crippen LogP contribution in [0.4, 0.5) is 0 Å². The van der Waals surface area contributed by atoms with Crippen molar-refractivity contribution >= 4 is 11.9 Å². The second-order valence-corrected chi connectivity index (χ2v) is 6.23. The molecule has 0 spiro atoms. The smallest absolute Gasteiger partial charge is 0.326 e. The van der Waals surface area contributed by atoms with Crippen LogP contribution < -0.4 is 4.74 Å². The monoisotopic (exact) mass is 291 g/mol. The number of amides is 1. The first-order valence-electron chi connectivity index (χ1n) is 7.11. The maximum atomic E-state index is 12.4. The van der Waals surface area contributed by atoms with Crippen molar-refractivity contribution < 1.29 is 19.4 Å². The molecule has 1 aromatic carbocycles. The lowest BCUT2D eigenvalue weighted by Gasteiger charge is -2.23. The van der Waals surface area contributed by atoms with E-state index in [1.807, 2.05) is 20.8 Å². The second-order valence-electron chi connectivity index (χ2n) is 6.23. The van der Waals surface area contributed by atoms with Gasteiger partial charge in [0.25, 0.3) is 5.91 Å². The van der Waals surface area contributed by atoms with Crippen molar-refractivity contribution in [3.63, 3.8) is 0 Å². The van der Waals surface area contributed by atoms with E-state index in [1.54, 1.807) is 24.3 Å². The number of ether oxygens (including phenoxy) is 1. The number of rotatable bonds is 3. The first kappa shape index (κ1) is 15.4. The lowest BCUT2D eigenvalue weighted by Crippen LogP contribution is -2.40. The molecule has 5 nitrogen and oxygen atoms in total. The average molecular weight is 291 g/mol. The van der Waals surface area contributed by atoms with Crippen molar-refractivity contribution in [2.24, 2.45) is 0 Å². The third-order valence-electron chi connectivity index (χ3n) is 3.32. The molecule has 114 valence electrons. The van der Waals surface area contributed by atoms with Gasteiger partial charge in [0.15, 0.2) is 0 Å². The van der Waals surface area contributed by atoms with Gasteiger partial charge in [-0.25, -0.2) is 4.79 Å². The van der Waals surface area contributed by atoms with E-state index in [4.69, 9.17) is 9.84 Å². The van der Waals surface area contributed by atoms with Crippen LogP contribution in [-0.2, 0) is 4.79 Å². The van der Waals surface area contributed by atoms with Crippen molar-refractivity contribution in [3.8, 4) is 5.75 Å². The Morgan fingerprint density at radius 2 is 1.86 bits per heavy atom. The topological polar surface area (TPSA) is 66.8 Å². The molecule has 0 unspecified atom stereocenters. The Kier molecular flexibility index (Phi) is 4.21. The zero-order valence-corrected chi connectivity index (χ0v) is 12.6. The lowest BCUT2D eigenvalue weighted by atomic mass is 10.1. The van der Waals surface area contributed by atoms with Crippen molar-refractivity contribution in [2.45, 2.75) is 45.3 Å². The molecule has 1 amide bonds. The van der Waals surface area contributed by atoms with Gasteiger partial charge in [-0.2, -0.15) is 0 Å². The molecule has 1 aliphatic heterocycles. The Morgan fingerprint density at radius 1 is 1.24 bits per heavy atom. The van der Waals surface area contributed by atoms with Gasteiger partial charge in [0.2, 0.25) is 0 Å². The van der Waals surface area contributed by atoms with Crippen LogP contribution in [0.15, 0.2) is 24.3 Å². The molecule has 1 saturated heterocycles. The van der Waals surface area contributed by atoms with Crippen LogP contribution in [0, 0.1) is 0 Å². The van der Waals surface area contributed by atoms with Crippen molar-refractivity contribution in [1.29, 1.82) is 0 Å². The highest BCUT2D eigenvalue weighted by Crippen LogP contribution is 2.23. The van der Waals surface area contributed by atoms with E-state index < -0.39 is 12.0 Å². The van der Waals surface area contributed by atoms with Crippen LogP contribution >= 0.6 is 0 Å². The minimum Gasteiger partial charge on any atom is -0.488 e. The van der Waals surface area contributed by atoms with E-state index in [2.05, 4.69) is 0 Å². The third kappa shape index (κ3) is 3.74. The maximum absolute atomic E-state index is 12.4. The number of likely N-dealkylation sites (tertiary alicyclic amines) is 1. The Balaban J connectivity index is 2.11. The maximum Gasteiger partial charge on any atom is 0.326 e. The highest BCUT2D eigenvalue weighted by molar-refractivity contribution is 5.97. The van der Waals surface area contributed by atoms with Gasteiger partial charge in [0.05, 0.1) is 0 Å². The number of hydrogen-bond donors (Lipinski definition) is 1. The van der Waals surface area contributed by atoms with Crippen molar-refractivity contribution in [1.82, 2.24) is 4.90 Å². The number of nitrogens with zero attached hydrogens (tertiary/aromatic N) is 1. The molecule has 0 radical (unpaired) electrons. The van der Waals surface area contributed by atoms with Gasteiger partial charge >= 0.3 is 5.97 Å². The molecule has 1 atom stereocenters. The average Bonchev–Trinajstić information content (AvgIpc) is 2.86. The van der Waals surface area contributed by atoms with Crippen molar-refractivity contribution in [3.05, 3.63) is 29.8 Å². The molecule has 21 heavy (non-hydrogen) atoms. The van der Waals surface area contributed by atoms with Gasteiger partial charge in [-0.15, -0.1) is 0 Å². The van der Waals surface area contributed by atoms with Crippen molar-refractivity contribution in [2.75, 3.05) is 6.54 Å². The number of benzene rings is 1. The fourth-order valence-electron chi connectivity index (χ4n) is 2.45. The summed E-state index contributed by atoms with van der Waals surface area (Å²) in [4.78, 5) is 25.0. The fraction of sp³-hybridized carbons (Fsp3) is 0.500. The summed E-state index contributed by atoms with van der Waals surface area (Å²) in [5, 5.41) is 9.14. The van der Waals surface area contributed by atoms with Gasteiger partial charge < -0.3 is 14.7 Å². The molecule has 1 N–H and O–H groups in total. The molecule has 1 heterocycles. The largest absolute Gasteiger partial charge is 0.488 e. The number of carboxylic acids is 1. The molecule has 1 aliphatic rings. The van der Waals surface area contributed by atoms with Crippen LogP contribution in [0.1, 0.15) is 44.0 Å². The Morgan fingerprint density at radius 3 is 2.38 bits per heavy atom. The van der Waals surface area contributed by atoms with E-state index in [9.17, 15) is 9.59 Å². The van der Waals surface area contributed by atoms with Gasteiger partial charge in [0.1, 0.15) is 17.4 Å². The summed E-state index contributed by atoms with van der Waals surface area (Å²) in [6.45, 7) is 6.35. The van der Waals surface area contributed by atoms with E-state index in [0.717, 1.165) is 6.42 Å². The normalized spacial score (nSPS) is 18.6. The molecule has 0 aromatic heterocycles. The zero-order chi connectivity index (χ0) is 15.6. The fourth-order valence-corrected chi connectivity index (χ4v) is 2.45. The molecule has 0 bridgehead atoms. The minimum atomic E-state index is -0.937. The first-order valence-corrected chi connectivity index (χ1v) is 7.11.